The first-order valence-electron chi connectivity index (χ1n) is 11.7. The Labute approximate surface area is 216 Å². The third-order valence-corrected chi connectivity index (χ3v) is 7.14. The maximum Gasteiger partial charge on any atom is 0.264 e. The molecule has 0 saturated carbocycles. The van der Waals surface area contributed by atoms with Gasteiger partial charge in [-0.25, -0.2) is 8.42 Å². The fourth-order valence-electron chi connectivity index (χ4n) is 3.90. The Morgan fingerprint density at radius 1 is 0.973 bits per heavy atom. The molecule has 1 aliphatic rings. The number of carbonyl (C=O) groups is 1. The van der Waals surface area contributed by atoms with Crippen molar-refractivity contribution in [3.63, 3.8) is 0 Å². The predicted molar refractivity (Wildman–Crippen MR) is 144 cm³/mol. The summed E-state index contributed by atoms with van der Waals surface area (Å²) in [6.45, 7) is 2.08. The monoisotopic (exact) mass is 523 g/mol. The van der Waals surface area contributed by atoms with Crippen molar-refractivity contribution >= 4 is 39.1 Å². The van der Waals surface area contributed by atoms with Crippen LogP contribution in [-0.2, 0) is 19.6 Å². The summed E-state index contributed by atoms with van der Waals surface area (Å²) in [4.78, 5) is 14.6. The Hall–Kier alpha value is -4.02. The first-order valence-corrected chi connectivity index (χ1v) is 13.1. The zero-order valence-corrected chi connectivity index (χ0v) is 21.5. The number of benzene rings is 3. The molecule has 0 spiro atoms. The highest BCUT2D eigenvalue weighted by atomic mass is 32.2. The zero-order chi connectivity index (χ0) is 26.3. The molecule has 3 aromatic carbocycles. The highest BCUT2D eigenvalue weighted by Crippen LogP contribution is 2.33. The van der Waals surface area contributed by atoms with Crippen LogP contribution in [0.4, 0.5) is 17.1 Å². The van der Waals surface area contributed by atoms with Crippen LogP contribution in [0.1, 0.15) is 5.56 Å². The minimum Gasteiger partial charge on any atom is -0.497 e. The topological polar surface area (TPSA) is 106 Å². The average Bonchev–Trinajstić information content (AvgIpc) is 2.92. The van der Waals surface area contributed by atoms with Gasteiger partial charge in [-0.3, -0.25) is 9.52 Å². The van der Waals surface area contributed by atoms with Crippen molar-refractivity contribution in [3.8, 4) is 11.5 Å². The Morgan fingerprint density at radius 3 is 2.51 bits per heavy atom. The summed E-state index contributed by atoms with van der Waals surface area (Å²) < 4.78 is 45.7. The van der Waals surface area contributed by atoms with Crippen LogP contribution in [0.5, 0.6) is 11.5 Å². The van der Waals surface area contributed by atoms with Gasteiger partial charge in [-0.1, -0.05) is 24.3 Å². The van der Waals surface area contributed by atoms with Gasteiger partial charge >= 0.3 is 0 Å². The number of para-hydroxylation sites is 2. The number of methoxy groups -OCH3 is 2. The van der Waals surface area contributed by atoms with Crippen LogP contribution >= 0.6 is 0 Å². The second kappa shape index (κ2) is 11.8. The van der Waals surface area contributed by atoms with E-state index in [9.17, 15) is 13.2 Å². The fraction of sp³-hybridized carbons (Fsp3) is 0.222. The van der Waals surface area contributed by atoms with Crippen LogP contribution in [-0.4, -0.2) is 54.8 Å². The van der Waals surface area contributed by atoms with Gasteiger partial charge in [-0.05, 0) is 54.1 Å². The minimum atomic E-state index is -4.04. The lowest BCUT2D eigenvalue weighted by molar-refractivity contribution is -0.111. The van der Waals surface area contributed by atoms with E-state index in [-0.39, 0.29) is 4.90 Å². The molecule has 1 aliphatic heterocycles. The van der Waals surface area contributed by atoms with Crippen molar-refractivity contribution in [3.05, 3.63) is 78.4 Å². The Bertz CT molecular complexity index is 1380. The number of amides is 1. The summed E-state index contributed by atoms with van der Waals surface area (Å²) in [5.41, 5.74) is 1.98. The molecule has 0 aliphatic carbocycles. The van der Waals surface area contributed by atoms with Gasteiger partial charge in [0.05, 0.1) is 38.8 Å². The van der Waals surface area contributed by atoms with Gasteiger partial charge < -0.3 is 24.4 Å². The summed E-state index contributed by atoms with van der Waals surface area (Å²) in [7, 11) is -0.995. The second-order valence-corrected chi connectivity index (χ2v) is 9.84. The molecule has 10 heteroatoms. The smallest absolute Gasteiger partial charge is 0.264 e. The third kappa shape index (κ3) is 6.60. The lowest BCUT2D eigenvalue weighted by Crippen LogP contribution is -2.37. The Morgan fingerprint density at radius 2 is 1.76 bits per heavy atom. The summed E-state index contributed by atoms with van der Waals surface area (Å²) in [6.07, 6.45) is 3.03. The van der Waals surface area contributed by atoms with Crippen molar-refractivity contribution in [1.29, 1.82) is 0 Å². The Balaban J connectivity index is 1.62. The molecule has 0 aromatic heterocycles. The van der Waals surface area contributed by atoms with E-state index in [0.717, 1.165) is 5.56 Å². The van der Waals surface area contributed by atoms with Gasteiger partial charge in [0.15, 0.2) is 0 Å². The van der Waals surface area contributed by atoms with E-state index in [0.29, 0.717) is 54.9 Å². The normalized spacial score (nSPS) is 13.8. The van der Waals surface area contributed by atoms with Crippen LogP contribution in [0, 0.1) is 0 Å². The molecular weight excluding hydrogens is 494 g/mol. The van der Waals surface area contributed by atoms with Gasteiger partial charge in [0.25, 0.3) is 10.0 Å². The van der Waals surface area contributed by atoms with Gasteiger partial charge in [-0.15, -0.1) is 0 Å². The highest BCUT2D eigenvalue weighted by Gasteiger charge is 2.25. The van der Waals surface area contributed by atoms with E-state index in [2.05, 4.69) is 10.0 Å². The van der Waals surface area contributed by atoms with Crippen molar-refractivity contribution in [2.75, 3.05) is 55.5 Å². The molecule has 1 heterocycles. The first-order chi connectivity index (χ1) is 17.9. The van der Waals surface area contributed by atoms with Crippen LogP contribution in [0.3, 0.4) is 0 Å². The van der Waals surface area contributed by atoms with Crippen LogP contribution in [0.25, 0.3) is 6.08 Å². The highest BCUT2D eigenvalue weighted by molar-refractivity contribution is 7.93. The lowest BCUT2D eigenvalue weighted by Gasteiger charge is -2.30. The van der Waals surface area contributed by atoms with Crippen LogP contribution < -0.4 is 24.4 Å². The van der Waals surface area contributed by atoms with E-state index in [1.807, 2.05) is 23.1 Å². The van der Waals surface area contributed by atoms with Gasteiger partial charge in [0.2, 0.25) is 5.91 Å². The van der Waals surface area contributed by atoms with E-state index in [1.165, 1.54) is 19.3 Å². The Kier molecular flexibility index (Phi) is 8.32. The second-order valence-electron chi connectivity index (χ2n) is 8.19. The molecule has 9 nitrogen and oxygen atoms in total. The van der Waals surface area contributed by atoms with Gasteiger partial charge in [0, 0.05) is 24.9 Å². The average molecular weight is 524 g/mol. The molecule has 4 rings (SSSR count). The number of nitrogens with one attached hydrogen (secondary N) is 2. The number of carbonyl (C=O) groups excluding carboxylic acids is 1. The number of anilines is 3. The van der Waals surface area contributed by atoms with Crippen LogP contribution in [0.15, 0.2) is 77.7 Å². The molecule has 0 bridgehead atoms. The maximum absolute atomic E-state index is 13.6. The van der Waals surface area contributed by atoms with E-state index < -0.39 is 15.9 Å². The summed E-state index contributed by atoms with van der Waals surface area (Å²) in [6, 6.07) is 18.9. The SMILES string of the molecule is COc1cccc(/C=C/C(=O)Nc2ccc(N3CCOCC3)c(S(=O)(=O)Nc3ccccc3OC)c2)c1. The predicted octanol–water partition coefficient (Wildman–Crippen LogP) is 3.99. The number of sulfonamides is 1. The number of rotatable bonds is 9. The van der Waals surface area contributed by atoms with Gasteiger partial charge in [0.1, 0.15) is 16.4 Å². The molecule has 0 radical (unpaired) electrons. The zero-order valence-electron chi connectivity index (χ0n) is 20.6. The molecule has 1 fully saturated rings. The summed E-state index contributed by atoms with van der Waals surface area (Å²) >= 11 is 0. The molecule has 37 heavy (non-hydrogen) atoms. The number of hydrogen-bond acceptors (Lipinski definition) is 7. The first kappa shape index (κ1) is 26.1. The summed E-state index contributed by atoms with van der Waals surface area (Å²) in [5, 5.41) is 2.75. The molecule has 194 valence electrons. The number of nitrogens with zero attached hydrogens (tertiary/aromatic N) is 1. The van der Waals surface area contributed by atoms with E-state index in [4.69, 9.17) is 14.2 Å². The molecule has 2 N–H and O–H groups in total. The summed E-state index contributed by atoms with van der Waals surface area (Å²) in [5.74, 6) is 0.674. The maximum atomic E-state index is 13.6. The molecule has 3 aromatic rings. The number of ether oxygens (including phenoxy) is 3. The molecule has 0 unspecified atom stereocenters. The van der Waals surface area contributed by atoms with Crippen molar-refractivity contribution < 1.29 is 27.4 Å². The number of morpholine rings is 1. The minimum absolute atomic E-state index is 0.0369. The van der Waals surface area contributed by atoms with E-state index >= 15 is 0 Å². The van der Waals surface area contributed by atoms with Crippen LogP contribution in [0.2, 0.25) is 0 Å². The fourth-order valence-corrected chi connectivity index (χ4v) is 5.23. The van der Waals surface area contributed by atoms with Crippen molar-refractivity contribution in [2.24, 2.45) is 0 Å². The molecule has 0 atom stereocenters. The largest absolute Gasteiger partial charge is 0.497 e. The number of hydrogen-bond donors (Lipinski definition) is 2. The quantitative estimate of drug-likeness (QED) is 0.409. The standard InChI is InChI=1S/C27H29N3O6S/c1-34-22-7-5-6-20(18-22)10-13-27(31)28-21-11-12-24(30-14-16-36-17-15-30)26(19-21)37(32,33)29-23-8-3-4-9-25(23)35-2/h3-13,18-19,29H,14-17H2,1-2H3,(H,28,31)/b13-10+. The van der Waals surface area contributed by atoms with E-state index in [1.54, 1.807) is 55.7 Å². The molecule has 1 amide bonds. The third-order valence-electron chi connectivity index (χ3n) is 5.74. The molecule has 1 saturated heterocycles. The molecular formula is C27H29N3O6S. The van der Waals surface area contributed by atoms with Gasteiger partial charge in [-0.2, -0.15) is 0 Å². The lowest BCUT2D eigenvalue weighted by atomic mass is 10.2. The van der Waals surface area contributed by atoms with Crippen molar-refractivity contribution in [2.45, 2.75) is 4.90 Å². The van der Waals surface area contributed by atoms with Crippen molar-refractivity contribution in [1.82, 2.24) is 0 Å².